The number of hydrogen-bond acceptors (Lipinski definition) is 1. The number of aryl methyl sites for hydroxylation is 1. The first-order valence-corrected chi connectivity index (χ1v) is 5.62. The molecule has 0 saturated heterocycles. The number of furan rings is 1. The standard InChI is InChI=1S/C13H17NO/c1-2-3-4-6-11-8-9-13(15-11)12-7-5-10-14-12/h5,7-10,14H,2-4,6H2,1H3. The van der Waals surface area contributed by atoms with Gasteiger partial charge in [0.1, 0.15) is 11.5 Å². The van der Waals surface area contributed by atoms with E-state index in [-0.39, 0.29) is 0 Å². The first kappa shape index (κ1) is 10.1. The Morgan fingerprint density at radius 1 is 1.20 bits per heavy atom. The maximum absolute atomic E-state index is 5.74. The highest BCUT2D eigenvalue weighted by Gasteiger charge is 2.04. The van der Waals surface area contributed by atoms with Crippen LogP contribution in [0.15, 0.2) is 34.9 Å². The summed E-state index contributed by atoms with van der Waals surface area (Å²) in [6.07, 6.45) is 6.71. The molecule has 0 atom stereocenters. The Hall–Kier alpha value is -1.44. The van der Waals surface area contributed by atoms with Crippen molar-refractivity contribution in [3.8, 4) is 11.5 Å². The summed E-state index contributed by atoms with van der Waals surface area (Å²) >= 11 is 0. The van der Waals surface area contributed by atoms with E-state index in [0.717, 1.165) is 23.6 Å². The van der Waals surface area contributed by atoms with Gasteiger partial charge in [-0.3, -0.25) is 0 Å². The predicted octanol–water partition coefficient (Wildman–Crippen LogP) is 4.01. The lowest BCUT2D eigenvalue weighted by molar-refractivity contribution is 0.507. The zero-order valence-corrected chi connectivity index (χ0v) is 9.12. The molecule has 0 radical (unpaired) electrons. The lowest BCUT2D eigenvalue weighted by Crippen LogP contribution is -1.80. The maximum atomic E-state index is 5.74. The maximum Gasteiger partial charge on any atom is 0.150 e. The molecule has 2 aromatic rings. The van der Waals surface area contributed by atoms with Crippen LogP contribution >= 0.6 is 0 Å². The summed E-state index contributed by atoms with van der Waals surface area (Å²) in [5, 5.41) is 0. The molecule has 0 fully saturated rings. The smallest absolute Gasteiger partial charge is 0.150 e. The molecule has 0 unspecified atom stereocenters. The zero-order valence-electron chi connectivity index (χ0n) is 9.12. The average Bonchev–Trinajstić information content (AvgIpc) is 2.87. The molecule has 0 aliphatic carbocycles. The molecule has 15 heavy (non-hydrogen) atoms. The van der Waals surface area contributed by atoms with Crippen molar-refractivity contribution in [2.24, 2.45) is 0 Å². The molecule has 0 bridgehead atoms. The predicted molar refractivity (Wildman–Crippen MR) is 61.7 cm³/mol. The molecular weight excluding hydrogens is 186 g/mol. The van der Waals surface area contributed by atoms with E-state index in [1.165, 1.54) is 19.3 Å². The van der Waals surface area contributed by atoms with E-state index in [1.54, 1.807) is 0 Å². The molecule has 2 heteroatoms. The number of nitrogens with one attached hydrogen (secondary N) is 1. The van der Waals surface area contributed by atoms with Crippen molar-refractivity contribution in [3.63, 3.8) is 0 Å². The minimum Gasteiger partial charge on any atom is -0.460 e. The number of aromatic amines is 1. The molecule has 0 aromatic carbocycles. The second kappa shape index (κ2) is 4.87. The van der Waals surface area contributed by atoms with E-state index in [4.69, 9.17) is 4.42 Å². The second-order valence-electron chi connectivity index (χ2n) is 3.81. The third-order valence-electron chi connectivity index (χ3n) is 2.55. The molecule has 2 heterocycles. The fraction of sp³-hybridized carbons (Fsp3) is 0.385. The summed E-state index contributed by atoms with van der Waals surface area (Å²) in [7, 11) is 0. The average molecular weight is 203 g/mol. The quantitative estimate of drug-likeness (QED) is 0.731. The van der Waals surface area contributed by atoms with Crippen LogP contribution in [0.5, 0.6) is 0 Å². The van der Waals surface area contributed by atoms with Crippen LogP contribution < -0.4 is 0 Å². The van der Waals surface area contributed by atoms with Crippen molar-refractivity contribution in [2.75, 3.05) is 0 Å². The minimum absolute atomic E-state index is 0.937. The number of hydrogen-bond donors (Lipinski definition) is 1. The van der Waals surface area contributed by atoms with Gasteiger partial charge in [-0.25, -0.2) is 0 Å². The van der Waals surface area contributed by atoms with Gasteiger partial charge in [-0.05, 0) is 30.7 Å². The summed E-state index contributed by atoms with van der Waals surface area (Å²) in [6, 6.07) is 8.11. The molecular formula is C13H17NO. The van der Waals surface area contributed by atoms with Gasteiger partial charge in [-0.15, -0.1) is 0 Å². The van der Waals surface area contributed by atoms with Crippen LogP contribution in [0.1, 0.15) is 31.9 Å². The van der Waals surface area contributed by atoms with E-state index in [0.29, 0.717) is 0 Å². The molecule has 0 aliphatic rings. The molecule has 0 spiro atoms. The van der Waals surface area contributed by atoms with Gasteiger partial charge in [-0.1, -0.05) is 19.8 Å². The first-order chi connectivity index (χ1) is 7.40. The van der Waals surface area contributed by atoms with Crippen LogP contribution in [0, 0.1) is 0 Å². The summed E-state index contributed by atoms with van der Waals surface area (Å²) in [4.78, 5) is 3.14. The van der Waals surface area contributed by atoms with Gasteiger partial charge in [0.2, 0.25) is 0 Å². The fourth-order valence-corrected chi connectivity index (χ4v) is 1.69. The molecule has 2 nitrogen and oxygen atoms in total. The van der Waals surface area contributed by atoms with Gasteiger partial charge >= 0.3 is 0 Å². The Morgan fingerprint density at radius 3 is 2.87 bits per heavy atom. The largest absolute Gasteiger partial charge is 0.460 e. The molecule has 2 aromatic heterocycles. The normalized spacial score (nSPS) is 10.7. The SMILES string of the molecule is CCCCCc1ccc(-c2ccc[nH]2)o1. The Labute approximate surface area is 90.3 Å². The number of unbranched alkanes of at least 4 members (excludes halogenated alkanes) is 2. The molecule has 0 saturated carbocycles. The number of rotatable bonds is 5. The van der Waals surface area contributed by atoms with E-state index >= 15 is 0 Å². The molecule has 80 valence electrons. The van der Waals surface area contributed by atoms with E-state index in [9.17, 15) is 0 Å². The topological polar surface area (TPSA) is 28.9 Å². The van der Waals surface area contributed by atoms with Crippen molar-refractivity contribution in [2.45, 2.75) is 32.6 Å². The molecule has 1 N–H and O–H groups in total. The van der Waals surface area contributed by atoms with Crippen molar-refractivity contribution in [1.82, 2.24) is 4.98 Å². The van der Waals surface area contributed by atoms with E-state index in [2.05, 4.69) is 18.0 Å². The summed E-state index contributed by atoms with van der Waals surface area (Å²) in [6.45, 7) is 2.21. The van der Waals surface area contributed by atoms with Crippen LogP contribution in [-0.2, 0) is 6.42 Å². The lowest BCUT2D eigenvalue weighted by atomic mass is 10.2. The molecule has 0 amide bonds. The Bertz CT molecular complexity index is 386. The Morgan fingerprint density at radius 2 is 2.13 bits per heavy atom. The third-order valence-corrected chi connectivity index (χ3v) is 2.55. The van der Waals surface area contributed by atoms with Gasteiger partial charge < -0.3 is 9.40 Å². The van der Waals surface area contributed by atoms with Crippen LogP contribution in [0.25, 0.3) is 11.5 Å². The van der Waals surface area contributed by atoms with Gasteiger partial charge in [0, 0.05) is 12.6 Å². The van der Waals surface area contributed by atoms with Crippen molar-refractivity contribution in [3.05, 3.63) is 36.2 Å². The first-order valence-electron chi connectivity index (χ1n) is 5.62. The van der Waals surface area contributed by atoms with Gasteiger partial charge in [-0.2, -0.15) is 0 Å². The minimum atomic E-state index is 0.937. The number of H-pyrrole nitrogens is 1. The zero-order chi connectivity index (χ0) is 10.5. The third kappa shape index (κ3) is 2.52. The molecule has 0 aliphatic heterocycles. The highest BCUT2D eigenvalue weighted by molar-refractivity contribution is 5.52. The highest BCUT2D eigenvalue weighted by atomic mass is 16.3. The monoisotopic (exact) mass is 203 g/mol. The second-order valence-corrected chi connectivity index (χ2v) is 3.81. The highest BCUT2D eigenvalue weighted by Crippen LogP contribution is 2.21. The summed E-state index contributed by atoms with van der Waals surface area (Å²) < 4.78 is 5.74. The van der Waals surface area contributed by atoms with Crippen molar-refractivity contribution < 1.29 is 4.42 Å². The van der Waals surface area contributed by atoms with Crippen LogP contribution in [-0.4, -0.2) is 4.98 Å². The summed E-state index contributed by atoms with van der Waals surface area (Å²) in [5.74, 6) is 2.03. The van der Waals surface area contributed by atoms with Crippen LogP contribution in [0.3, 0.4) is 0 Å². The molecule has 2 rings (SSSR count). The lowest BCUT2D eigenvalue weighted by Gasteiger charge is -1.95. The van der Waals surface area contributed by atoms with E-state index < -0.39 is 0 Å². The van der Waals surface area contributed by atoms with Gasteiger partial charge in [0.15, 0.2) is 0 Å². The van der Waals surface area contributed by atoms with Gasteiger partial charge in [0.25, 0.3) is 0 Å². The van der Waals surface area contributed by atoms with E-state index in [1.807, 2.05) is 24.4 Å². The Kier molecular flexibility index (Phi) is 3.28. The van der Waals surface area contributed by atoms with Crippen molar-refractivity contribution in [1.29, 1.82) is 0 Å². The number of aromatic nitrogens is 1. The van der Waals surface area contributed by atoms with Crippen LogP contribution in [0.2, 0.25) is 0 Å². The van der Waals surface area contributed by atoms with Crippen LogP contribution in [0.4, 0.5) is 0 Å². The fourth-order valence-electron chi connectivity index (χ4n) is 1.69. The Balaban J connectivity index is 1.98. The van der Waals surface area contributed by atoms with Crippen molar-refractivity contribution >= 4 is 0 Å². The summed E-state index contributed by atoms with van der Waals surface area (Å²) in [5.41, 5.74) is 1.05. The van der Waals surface area contributed by atoms with Gasteiger partial charge in [0.05, 0.1) is 5.69 Å².